The number of benzene rings is 2. The minimum atomic E-state index is -0.382. The summed E-state index contributed by atoms with van der Waals surface area (Å²) in [4.78, 5) is 14.3. The average molecular weight is 387 g/mol. The van der Waals surface area contributed by atoms with E-state index in [1.807, 2.05) is 66.2 Å². The van der Waals surface area contributed by atoms with Crippen molar-refractivity contribution < 1.29 is 4.79 Å². The monoisotopic (exact) mass is 386 g/mol. The number of halogens is 1. The van der Waals surface area contributed by atoms with E-state index in [9.17, 15) is 4.79 Å². The normalized spacial score (nSPS) is 12.0. The van der Waals surface area contributed by atoms with Crippen molar-refractivity contribution >= 4 is 29.3 Å². The van der Waals surface area contributed by atoms with Gasteiger partial charge in [0.2, 0.25) is 5.91 Å². The number of likely N-dealkylation sites (N-methyl/N-ethyl adjacent to an activating group) is 1. The van der Waals surface area contributed by atoms with Crippen LogP contribution in [0.4, 0.5) is 0 Å². The maximum Gasteiger partial charge on any atom is 0.240 e. The summed E-state index contributed by atoms with van der Waals surface area (Å²) in [5, 5.41) is 9.55. The van der Waals surface area contributed by atoms with E-state index < -0.39 is 0 Å². The predicted octanol–water partition coefficient (Wildman–Crippen LogP) is 4.06. The zero-order valence-corrected chi connectivity index (χ0v) is 16.3. The molecule has 0 radical (unpaired) electrons. The maximum atomic E-state index is 12.7. The first-order valence-corrected chi connectivity index (χ1v) is 9.31. The van der Waals surface area contributed by atoms with Gasteiger partial charge in [-0.05, 0) is 29.8 Å². The lowest BCUT2D eigenvalue weighted by molar-refractivity contribution is -0.128. The van der Waals surface area contributed by atoms with Gasteiger partial charge in [0.15, 0.2) is 11.0 Å². The van der Waals surface area contributed by atoms with Crippen molar-refractivity contribution in [3.05, 3.63) is 65.2 Å². The zero-order chi connectivity index (χ0) is 18.7. The van der Waals surface area contributed by atoms with Crippen molar-refractivity contribution in [2.75, 3.05) is 14.1 Å². The number of nitrogens with zero attached hydrogens (tertiary/aromatic N) is 4. The fourth-order valence-electron chi connectivity index (χ4n) is 2.50. The Balaban J connectivity index is 1.93. The first-order chi connectivity index (χ1) is 12.5. The molecule has 0 spiro atoms. The van der Waals surface area contributed by atoms with E-state index in [1.165, 1.54) is 11.8 Å². The van der Waals surface area contributed by atoms with E-state index >= 15 is 0 Å². The van der Waals surface area contributed by atoms with Crippen LogP contribution in [0.2, 0.25) is 5.02 Å². The summed E-state index contributed by atoms with van der Waals surface area (Å²) in [5.74, 6) is 0.741. The molecule has 3 aromatic rings. The van der Waals surface area contributed by atoms with Crippen molar-refractivity contribution in [2.45, 2.75) is 10.4 Å². The number of aromatic nitrogens is 3. The van der Waals surface area contributed by atoms with E-state index in [0.717, 1.165) is 17.0 Å². The molecule has 1 aromatic heterocycles. The predicted molar refractivity (Wildman–Crippen MR) is 105 cm³/mol. The molecule has 0 saturated heterocycles. The molecule has 7 heteroatoms. The molecule has 3 rings (SSSR count). The Morgan fingerprint density at radius 1 is 1.08 bits per heavy atom. The highest BCUT2D eigenvalue weighted by Gasteiger charge is 2.26. The van der Waals surface area contributed by atoms with Gasteiger partial charge in [0, 0.05) is 31.7 Å². The number of amides is 1. The molecule has 134 valence electrons. The summed E-state index contributed by atoms with van der Waals surface area (Å²) >= 11 is 7.35. The second kappa shape index (κ2) is 7.93. The molecule has 1 amide bonds. The molecule has 0 N–H and O–H groups in total. The van der Waals surface area contributed by atoms with Gasteiger partial charge in [0.05, 0.1) is 0 Å². The summed E-state index contributed by atoms with van der Waals surface area (Å²) in [5.41, 5.74) is 1.86. The number of hydrogen-bond donors (Lipinski definition) is 0. The lowest BCUT2D eigenvalue weighted by atomic mass is 10.1. The van der Waals surface area contributed by atoms with Crippen LogP contribution in [0.5, 0.6) is 0 Å². The Bertz CT molecular complexity index is 894. The number of thioether (sulfide) groups is 1. The Morgan fingerprint density at radius 2 is 1.73 bits per heavy atom. The minimum Gasteiger partial charge on any atom is -0.348 e. The molecule has 1 heterocycles. The Kier molecular flexibility index (Phi) is 5.64. The molecule has 0 aliphatic heterocycles. The number of carbonyl (C=O) groups is 1. The molecule has 0 bridgehead atoms. The van der Waals surface area contributed by atoms with Crippen LogP contribution in [0.15, 0.2) is 59.8 Å². The number of hydrogen-bond acceptors (Lipinski definition) is 4. The lowest BCUT2D eigenvalue weighted by Gasteiger charge is -2.20. The first-order valence-electron chi connectivity index (χ1n) is 8.05. The smallest absolute Gasteiger partial charge is 0.240 e. The molecule has 26 heavy (non-hydrogen) atoms. The second-order valence-electron chi connectivity index (χ2n) is 6.01. The molecule has 2 aromatic carbocycles. The molecular weight excluding hydrogens is 368 g/mol. The van der Waals surface area contributed by atoms with Crippen LogP contribution in [0.25, 0.3) is 11.4 Å². The van der Waals surface area contributed by atoms with Crippen LogP contribution < -0.4 is 0 Å². The molecule has 0 unspecified atom stereocenters. The van der Waals surface area contributed by atoms with Crippen LogP contribution in [-0.4, -0.2) is 39.7 Å². The summed E-state index contributed by atoms with van der Waals surface area (Å²) in [7, 11) is 5.41. The third-order valence-corrected chi connectivity index (χ3v) is 5.46. The van der Waals surface area contributed by atoms with Gasteiger partial charge in [-0.3, -0.25) is 4.79 Å². The van der Waals surface area contributed by atoms with Gasteiger partial charge >= 0.3 is 0 Å². The Labute approximate surface area is 162 Å². The van der Waals surface area contributed by atoms with Gasteiger partial charge < -0.3 is 9.47 Å². The minimum absolute atomic E-state index is 0.0113. The summed E-state index contributed by atoms with van der Waals surface area (Å²) in [6.07, 6.45) is 0. The summed E-state index contributed by atoms with van der Waals surface area (Å²) < 4.78 is 1.90. The fraction of sp³-hybridized carbons (Fsp3) is 0.211. The first kappa shape index (κ1) is 18.5. The van der Waals surface area contributed by atoms with Crippen molar-refractivity contribution in [3.8, 4) is 11.4 Å². The zero-order valence-electron chi connectivity index (χ0n) is 14.8. The van der Waals surface area contributed by atoms with E-state index in [-0.39, 0.29) is 11.2 Å². The molecule has 5 nitrogen and oxygen atoms in total. The van der Waals surface area contributed by atoms with Crippen LogP contribution in [-0.2, 0) is 11.8 Å². The van der Waals surface area contributed by atoms with Gasteiger partial charge in [-0.15, -0.1) is 10.2 Å². The number of rotatable bonds is 5. The maximum absolute atomic E-state index is 12.7. The van der Waals surface area contributed by atoms with Gasteiger partial charge in [-0.2, -0.15) is 0 Å². The van der Waals surface area contributed by atoms with Gasteiger partial charge in [0.25, 0.3) is 0 Å². The van der Waals surface area contributed by atoms with Gasteiger partial charge in [-0.25, -0.2) is 0 Å². The molecule has 1 atom stereocenters. The molecule has 0 fully saturated rings. The van der Waals surface area contributed by atoms with Crippen LogP contribution in [0.3, 0.4) is 0 Å². The SMILES string of the molecule is CN(C)C(=O)[C@H](Sc1nnc(-c2ccc(Cl)cc2)n1C)c1ccccc1. The highest BCUT2D eigenvalue weighted by atomic mass is 35.5. The van der Waals surface area contributed by atoms with E-state index in [1.54, 1.807) is 19.0 Å². The molecule has 0 aliphatic rings. The highest BCUT2D eigenvalue weighted by Crippen LogP contribution is 2.36. The summed E-state index contributed by atoms with van der Waals surface area (Å²) in [6.45, 7) is 0. The molecular formula is C19H19ClN4OS. The fourth-order valence-corrected chi connectivity index (χ4v) is 3.77. The van der Waals surface area contributed by atoms with Gasteiger partial charge in [0.1, 0.15) is 5.25 Å². The van der Waals surface area contributed by atoms with Crippen LogP contribution in [0, 0.1) is 0 Å². The van der Waals surface area contributed by atoms with E-state index in [0.29, 0.717) is 10.2 Å². The van der Waals surface area contributed by atoms with E-state index in [4.69, 9.17) is 11.6 Å². The van der Waals surface area contributed by atoms with Gasteiger partial charge in [-0.1, -0.05) is 53.7 Å². The summed E-state index contributed by atoms with van der Waals surface area (Å²) in [6, 6.07) is 17.2. The largest absolute Gasteiger partial charge is 0.348 e. The Morgan fingerprint density at radius 3 is 2.35 bits per heavy atom. The van der Waals surface area contributed by atoms with Crippen LogP contribution in [0.1, 0.15) is 10.8 Å². The lowest BCUT2D eigenvalue weighted by Crippen LogP contribution is -2.26. The second-order valence-corrected chi connectivity index (χ2v) is 7.52. The quantitative estimate of drug-likeness (QED) is 0.620. The molecule has 0 saturated carbocycles. The van der Waals surface area contributed by atoms with Crippen molar-refractivity contribution in [3.63, 3.8) is 0 Å². The van der Waals surface area contributed by atoms with Crippen LogP contribution >= 0.6 is 23.4 Å². The third-order valence-electron chi connectivity index (χ3n) is 3.93. The van der Waals surface area contributed by atoms with E-state index in [2.05, 4.69) is 10.2 Å². The van der Waals surface area contributed by atoms with Crippen molar-refractivity contribution in [1.29, 1.82) is 0 Å². The molecule has 0 aliphatic carbocycles. The Hall–Kier alpha value is -2.31. The highest BCUT2D eigenvalue weighted by molar-refractivity contribution is 8.00. The average Bonchev–Trinajstić information content (AvgIpc) is 3.01. The standard InChI is InChI=1S/C19H19ClN4OS/c1-23(2)18(25)16(13-7-5-4-6-8-13)26-19-22-21-17(24(19)3)14-9-11-15(20)12-10-14/h4-12,16H,1-3H3/t16-/m1/s1. The van der Waals surface area contributed by atoms with Crippen molar-refractivity contribution in [2.24, 2.45) is 7.05 Å². The topological polar surface area (TPSA) is 51.0 Å². The third kappa shape index (κ3) is 3.92. The van der Waals surface area contributed by atoms with Crippen molar-refractivity contribution in [1.82, 2.24) is 19.7 Å². The number of carbonyl (C=O) groups excluding carboxylic acids is 1.